The number of benzene rings is 1. The van der Waals surface area contributed by atoms with Crippen LogP contribution in [0.2, 0.25) is 0 Å². The molecule has 2 aromatic heterocycles. The van der Waals surface area contributed by atoms with E-state index in [4.69, 9.17) is 4.74 Å². The van der Waals surface area contributed by atoms with E-state index in [1.165, 1.54) is 22.2 Å². The number of rotatable bonds is 4. The van der Waals surface area contributed by atoms with Gasteiger partial charge in [0, 0.05) is 10.9 Å². The lowest BCUT2D eigenvalue weighted by Crippen LogP contribution is -2.32. The molecular formula is C24H28N2O3S. The minimum absolute atomic E-state index is 0.0514. The predicted octanol–water partition coefficient (Wildman–Crippen LogP) is 5.27. The third kappa shape index (κ3) is 4.33. The molecule has 0 radical (unpaired) electrons. The summed E-state index contributed by atoms with van der Waals surface area (Å²) in [6, 6.07) is 9.78. The Morgan fingerprint density at radius 3 is 2.53 bits per heavy atom. The molecule has 0 bridgehead atoms. The molecule has 1 aliphatic carbocycles. The first kappa shape index (κ1) is 20.8. The molecule has 0 aliphatic heterocycles. The van der Waals surface area contributed by atoms with Gasteiger partial charge in [-0.2, -0.15) is 0 Å². The Kier molecular flexibility index (Phi) is 5.78. The lowest BCUT2D eigenvalue weighted by Gasteiger charge is -2.36. The molecule has 0 N–H and O–H groups in total. The summed E-state index contributed by atoms with van der Waals surface area (Å²) in [5, 5.41) is 2.51. The van der Waals surface area contributed by atoms with Gasteiger partial charge in [-0.3, -0.25) is 14.2 Å². The summed E-state index contributed by atoms with van der Waals surface area (Å²) >= 11 is 1.44. The van der Waals surface area contributed by atoms with Crippen molar-refractivity contribution in [2.24, 2.45) is 11.3 Å². The summed E-state index contributed by atoms with van der Waals surface area (Å²) in [4.78, 5) is 30.7. The highest BCUT2D eigenvalue weighted by molar-refractivity contribution is 7.17. The smallest absolute Gasteiger partial charge is 0.326 e. The minimum Gasteiger partial charge on any atom is -0.461 e. The minimum atomic E-state index is -0.367. The van der Waals surface area contributed by atoms with Gasteiger partial charge in [-0.25, -0.2) is 4.98 Å². The standard InChI is InChI=1S/C24H28N2O3S/c1-24(2,3)17-9-11-18(12-10-17)29-20(27)13-26-15-25-22-21(23(26)28)19(14-30-22)16-7-5-4-6-8-16/h4-8,14-15,17-18H,9-13H2,1-3H3. The Bertz CT molecular complexity index is 1090. The highest BCUT2D eigenvalue weighted by atomic mass is 32.1. The number of carbonyl (C=O) groups excluding carboxylic acids is 1. The second-order valence-electron chi connectivity index (χ2n) is 9.20. The first-order valence-electron chi connectivity index (χ1n) is 10.5. The van der Waals surface area contributed by atoms with Crippen LogP contribution < -0.4 is 5.56 Å². The monoisotopic (exact) mass is 424 g/mol. The SMILES string of the molecule is CC(C)(C)C1CCC(OC(=O)Cn2cnc3scc(-c4ccccc4)c3c2=O)CC1. The number of hydrogen-bond donors (Lipinski definition) is 0. The summed E-state index contributed by atoms with van der Waals surface area (Å²) in [6.07, 6.45) is 5.33. The Morgan fingerprint density at radius 1 is 1.17 bits per heavy atom. The lowest BCUT2D eigenvalue weighted by molar-refractivity contribution is -0.152. The van der Waals surface area contributed by atoms with E-state index >= 15 is 0 Å². The fraction of sp³-hybridized carbons (Fsp3) is 0.458. The van der Waals surface area contributed by atoms with Crippen molar-refractivity contribution in [2.75, 3.05) is 0 Å². The molecule has 30 heavy (non-hydrogen) atoms. The maximum absolute atomic E-state index is 13.1. The number of thiophene rings is 1. The third-order valence-corrected chi connectivity index (χ3v) is 7.03. The van der Waals surface area contributed by atoms with Crippen LogP contribution in [0, 0.1) is 11.3 Å². The number of hydrogen-bond acceptors (Lipinski definition) is 5. The predicted molar refractivity (Wildman–Crippen MR) is 121 cm³/mol. The number of aromatic nitrogens is 2. The summed E-state index contributed by atoms with van der Waals surface area (Å²) in [6.45, 7) is 6.71. The van der Waals surface area contributed by atoms with Crippen LogP contribution in [-0.4, -0.2) is 21.6 Å². The van der Waals surface area contributed by atoms with Crippen LogP contribution in [0.1, 0.15) is 46.5 Å². The summed E-state index contributed by atoms with van der Waals surface area (Å²) in [5.41, 5.74) is 1.92. The topological polar surface area (TPSA) is 61.2 Å². The van der Waals surface area contributed by atoms with Gasteiger partial charge in [0.2, 0.25) is 0 Å². The Hall–Kier alpha value is -2.47. The molecule has 5 nitrogen and oxygen atoms in total. The highest BCUT2D eigenvalue weighted by Gasteiger charge is 2.31. The number of fused-ring (bicyclic) bond motifs is 1. The van der Waals surface area contributed by atoms with Crippen LogP contribution in [0.3, 0.4) is 0 Å². The molecule has 1 saturated carbocycles. The first-order valence-corrected chi connectivity index (χ1v) is 11.4. The Morgan fingerprint density at radius 2 is 1.87 bits per heavy atom. The molecule has 0 atom stereocenters. The Balaban J connectivity index is 1.47. The van der Waals surface area contributed by atoms with Gasteiger partial charge >= 0.3 is 5.97 Å². The second-order valence-corrected chi connectivity index (χ2v) is 10.1. The average Bonchev–Trinajstić information content (AvgIpc) is 3.15. The van der Waals surface area contributed by atoms with Crippen LogP contribution in [-0.2, 0) is 16.1 Å². The van der Waals surface area contributed by atoms with Crippen LogP contribution >= 0.6 is 11.3 Å². The molecule has 1 aromatic carbocycles. The fourth-order valence-electron chi connectivity index (χ4n) is 4.32. The van der Waals surface area contributed by atoms with E-state index in [9.17, 15) is 9.59 Å². The molecule has 1 aliphatic rings. The van der Waals surface area contributed by atoms with Gasteiger partial charge in [-0.05, 0) is 42.6 Å². The zero-order valence-electron chi connectivity index (χ0n) is 17.8. The number of ether oxygens (including phenoxy) is 1. The van der Waals surface area contributed by atoms with Crippen LogP contribution in [0.25, 0.3) is 21.3 Å². The molecule has 0 spiro atoms. The molecule has 2 heterocycles. The van der Waals surface area contributed by atoms with E-state index in [2.05, 4.69) is 25.8 Å². The van der Waals surface area contributed by atoms with Crippen molar-refractivity contribution in [1.29, 1.82) is 0 Å². The van der Waals surface area contributed by atoms with Crippen molar-refractivity contribution in [3.8, 4) is 11.1 Å². The van der Waals surface area contributed by atoms with Gasteiger partial charge in [-0.15, -0.1) is 11.3 Å². The van der Waals surface area contributed by atoms with E-state index in [0.717, 1.165) is 36.8 Å². The molecule has 0 unspecified atom stereocenters. The average molecular weight is 425 g/mol. The maximum Gasteiger partial charge on any atom is 0.326 e. The van der Waals surface area contributed by atoms with Crippen molar-refractivity contribution < 1.29 is 9.53 Å². The third-order valence-electron chi connectivity index (χ3n) is 6.14. The van der Waals surface area contributed by atoms with Gasteiger partial charge in [0.05, 0.1) is 11.7 Å². The van der Waals surface area contributed by atoms with Gasteiger partial charge in [0.15, 0.2) is 0 Å². The van der Waals surface area contributed by atoms with E-state index in [1.807, 2.05) is 35.7 Å². The van der Waals surface area contributed by atoms with Crippen molar-refractivity contribution in [2.45, 2.75) is 59.1 Å². The molecule has 4 rings (SSSR count). The van der Waals surface area contributed by atoms with Gasteiger partial charge < -0.3 is 4.74 Å². The molecule has 1 fully saturated rings. The molecule has 3 aromatic rings. The molecule has 0 saturated heterocycles. The van der Waals surface area contributed by atoms with E-state index in [0.29, 0.717) is 21.5 Å². The fourth-order valence-corrected chi connectivity index (χ4v) is 5.23. The number of carbonyl (C=O) groups is 1. The lowest BCUT2D eigenvalue weighted by atomic mass is 9.72. The second kappa shape index (κ2) is 8.34. The number of nitrogens with zero attached hydrogens (tertiary/aromatic N) is 2. The molecular weight excluding hydrogens is 396 g/mol. The van der Waals surface area contributed by atoms with Crippen molar-refractivity contribution in [3.63, 3.8) is 0 Å². The van der Waals surface area contributed by atoms with E-state index in [-0.39, 0.29) is 24.2 Å². The van der Waals surface area contributed by atoms with Crippen LogP contribution in [0.4, 0.5) is 0 Å². The van der Waals surface area contributed by atoms with Crippen LogP contribution in [0.15, 0.2) is 46.8 Å². The highest BCUT2D eigenvalue weighted by Crippen LogP contribution is 2.38. The summed E-state index contributed by atoms with van der Waals surface area (Å²) < 4.78 is 7.06. The number of esters is 1. The molecule has 158 valence electrons. The van der Waals surface area contributed by atoms with Crippen molar-refractivity contribution in [3.05, 3.63) is 52.4 Å². The largest absolute Gasteiger partial charge is 0.461 e. The zero-order valence-corrected chi connectivity index (χ0v) is 18.6. The molecule has 0 amide bonds. The van der Waals surface area contributed by atoms with Gasteiger partial charge in [-0.1, -0.05) is 51.1 Å². The van der Waals surface area contributed by atoms with Crippen molar-refractivity contribution in [1.82, 2.24) is 9.55 Å². The first-order chi connectivity index (χ1) is 14.3. The quantitative estimate of drug-likeness (QED) is 0.535. The van der Waals surface area contributed by atoms with E-state index in [1.54, 1.807) is 0 Å². The van der Waals surface area contributed by atoms with Gasteiger partial charge in [0.25, 0.3) is 5.56 Å². The molecule has 6 heteroatoms. The normalized spacial score (nSPS) is 19.7. The summed E-state index contributed by atoms with van der Waals surface area (Å²) in [7, 11) is 0. The van der Waals surface area contributed by atoms with Crippen molar-refractivity contribution >= 4 is 27.5 Å². The Labute approximate surface area is 180 Å². The van der Waals surface area contributed by atoms with E-state index < -0.39 is 0 Å². The maximum atomic E-state index is 13.1. The van der Waals surface area contributed by atoms with Gasteiger partial charge in [0.1, 0.15) is 17.5 Å². The van der Waals surface area contributed by atoms with Crippen LogP contribution in [0.5, 0.6) is 0 Å². The summed E-state index contributed by atoms with van der Waals surface area (Å²) in [5.74, 6) is 0.297. The zero-order chi connectivity index (χ0) is 21.3.